The highest BCUT2D eigenvalue weighted by Gasteiger charge is 2.16. The number of nitrogens with one attached hydrogen (secondary N) is 1. The van der Waals surface area contributed by atoms with Crippen molar-refractivity contribution in [2.75, 3.05) is 13.7 Å². The van der Waals surface area contributed by atoms with Crippen molar-refractivity contribution in [3.63, 3.8) is 0 Å². The van der Waals surface area contributed by atoms with Crippen LogP contribution in [0, 0.1) is 0 Å². The van der Waals surface area contributed by atoms with E-state index in [0.29, 0.717) is 5.02 Å². The Balaban J connectivity index is 2.51. The van der Waals surface area contributed by atoms with Gasteiger partial charge in [-0.15, -0.1) is 0 Å². The predicted molar refractivity (Wildman–Crippen MR) is 57.0 cm³/mol. The second-order valence-corrected chi connectivity index (χ2v) is 3.54. The average Bonchev–Trinajstić information content (AvgIpc) is 2.71. The summed E-state index contributed by atoms with van der Waals surface area (Å²) in [6, 6.07) is -0.530. The summed E-state index contributed by atoms with van der Waals surface area (Å²) in [5.41, 5.74) is 0. The molecule has 0 aliphatic carbocycles. The number of carbonyl (C=O) groups excluding carboxylic acids is 2. The van der Waals surface area contributed by atoms with Crippen LogP contribution >= 0.6 is 11.6 Å². The SMILES string of the molecule is COC(=O)CNC(=O)C(C)n1cc(Cl)cn1. The third-order valence-electron chi connectivity index (χ3n) is 1.98. The van der Waals surface area contributed by atoms with Crippen molar-refractivity contribution in [2.24, 2.45) is 0 Å². The van der Waals surface area contributed by atoms with E-state index in [-0.39, 0.29) is 12.5 Å². The van der Waals surface area contributed by atoms with Crippen molar-refractivity contribution >= 4 is 23.5 Å². The van der Waals surface area contributed by atoms with Crippen LogP contribution in [-0.4, -0.2) is 35.3 Å². The first-order valence-corrected chi connectivity index (χ1v) is 4.96. The van der Waals surface area contributed by atoms with Crippen molar-refractivity contribution in [1.29, 1.82) is 0 Å². The Labute approximate surface area is 97.5 Å². The summed E-state index contributed by atoms with van der Waals surface area (Å²) in [4.78, 5) is 22.3. The van der Waals surface area contributed by atoms with Gasteiger partial charge in [-0.1, -0.05) is 11.6 Å². The van der Waals surface area contributed by atoms with Gasteiger partial charge >= 0.3 is 5.97 Å². The summed E-state index contributed by atoms with van der Waals surface area (Å²) in [7, 11) is 1.26. The molecule has 1 aromatic rings. The number of ether oxygens (including phenoxy) is 1. The monoisotopic (exact) mass is 245 g/mol. The van der Waals surface area contributed by atoms with E-state index in [1.54, 1.807) is 6.92 Å². The Bertz CT molecular complexity index is 391. The molecule has 0 saturated carbocycles. The molecule has 1 aromatic heterocycles. The topological polar surface area (TPSA) is 73.2 Å². The first-order chi connectivity index (χ1) is 7.54. The molecule has 1 rings (SSSR count). The van der Waals surface area contributed by atoms with Crippen LogP contribution in [0.5, 0.6) is 0 Å². The van der Waals surface area contributed by atoms with Gasteiger partial charge in [-0.2, -0.15) is 5.10 Å². The van der Waals surface area contributed by atoms with Gasteiger partial charge < -0.3 is 10.1 Å². The first kappa shape index (κ1) is 12.5. The Morgan fingerprint density at radius 2 is 2.38 bits per heavy atom. The summed E-state index contributed by atoms with van der Waals surface area (Å²) >= 11 is 5.67. The molecule has 0 aliphatic rings. The second-order valence-electron chi connectivity index (χ2n) is 3.11. The van der Waals surface area contributed by atoms with Crippen LogP contribution in [-0.2, 0) is 14.3 Å². The van der Waals surface area contributed by atoms with Crippen LogP contribution in [0.1, 0.15) is 13.0 Å². The zero-order valence-electron chi connectivity index (χ0n) is 8.94. The summed E-state index contributed by atoms with van der Waals surface area (Å²) in [5.74, 6) is -0.829. The lowest BCUT2D eigenvalue weighted by Gasteiger charge is -2.11. The molecular formula is C9H12ClN3O3. The zero-order chi connectivity index (χ0) is 12.1. The maximum absolute atomic E-state index is 11.6. The Morgan fingerprint density at radius 3 is 2.88 bits per heavy atom. The number of amides is 1. The summed E-state index contributed by atoms with van der Waals surface area (Å²) < 4.78 is 5.80. The van der Waals surface area contributed by atoms with Gasteiger partial charge in [-0.3, -0.25) is 14.3 Å². The predicted octanol–water partition coefficient (Wildman–Crippen LogP) is 0.387. The minimum absolute atomic E-state index is 0.158. The highest BCUT2D eigenvalue weighted by molar-refractivity contribution is 6.30. The molecule has 7 heteroatoms. The number of halogens is 1. The number of hydrogen-bond donors (Lipinski definition) is 1. The Morgan fingerprint density at radius 1 is 1.69 bits per heavy atom. The van der Waals surface area contributed by atoms with Crippen molar-refractivity contribution in [3.8, 4) is 0 Å². The van der Waals surface area contributed by atoms with Gasteiger partial charge in [-0.05, 0) is 6.92 Å². The molecule has 0 fully saturated rings. The minimum atomic E-state index is -0.530. The number of nitrogens with zero attached hydrogens (tertiary/aromatic N) is 2. The lowest BCUT2D eigenvalue weighted by Crippen LogP contribution is -2.35. The molecule has 1 N–H and O–H groups in total. The third kappa shape index (κ3) is 3.23. The smallest absolute Gasteiger partial charge is 0.325 e. The number of methoxy groups -OCH3 is 1. The molecule has 1 unspecified atom stereocenters. The van der Waals surface area contributed by atoms with E-state index >= 15 is 0 Å². The lowest BCUT2D eigenvalue weighted by molar-refractivity contribution is -0.141. The van der Waals surface area contributed by atoms with Gasteiger partial charge in [0.05, 0.1) is 18.3 Å². The highest BCUT2D eigenvalue weighted by Crippen LogP contribution is 2.10. The van der Waals surface area contributed by atoms with E-state index in [2.05, 4.69) is 15.2 Å². The molecule has 0 aliphatic heterocycles. The zero-order valence-corrected chi connectivity index (χ0v) is 9.69. The van der Waals surface area contributed by atoms with E-state index in [1.165, 1.54) is 24.2 Å². The van der Waals surface area contributed by atoms with Gasteiger partial charge in [-0.25, -0.2) is 0 Å². The lowest BCUT2D eigenvalue weighted by atomic mass is 10.3. The second kappa shape index (κ2) is 5.50. The van der Waals surface area contributed by atoms with Crippen LogP contribution in [0.2, 0.25) is 5.02 Å². The van der Waals surface area contributed by atoms with E-state index in [1.807, 2.05) is 0 Å². The van der Waals surface area contributed by atoms with Gasteiger partial charge in [0.25, 0.3) is 0 Å². The minimum Gasteiger partial charge on any atom is -0.468 e. The number of esters is 1. The summed E-state index contributed by atoms with van der Waals surface area (Å²) in [6.07, 6.45) is 2.97. The van der Waals surface area contributed by atoms with Crippen molar-refractivity contribution in [3.05, 3.63) is 17.4 Å². The average molecular weight is 246 g/mol. The maximum atomic E-state index is 11.6. The number of carbonyl (C=O) groups is 2. The van der Waals surface area contributed by atoms with E-state index < -0.39 is 12.0 Å². The molecule has 0 bridgehead atoms. The molecule has 0 spiro atoms. The third-order valence-corrected chi connectivity index (χ3v) is 2.18. The molecule has 88 valence electrons. The van der Waals surface area contributed by atoms with E-state index in [4.69, 9.17) is 11.6 Å². The fraction of sp³-hybridized carbons (Fsp3) is 0.444. The van der Waals surface area contributed by atoms with Crippen LogP contribution in [0.4, 0.5) is 0 Å². The van der Waals surface area contributed by atoms with Gasteiger partial charge in [0, 0.05) is 6.20 Å². The quantitative estimate of drug-likeness (QED) is 0.779. The first-order valence-electron chi connectivity index (χ1n) is 4.58. The summed E-state index contributed by atoms with van der Waals surface area (Å²) in [5, 5.41) is 6.77. The number of hydrogen-bond acceptors (Lipinski definition) is 4. The highest BCUT2D eigenvalue weighted by atomic mass is 35.5. The van der Waals surface area contributed by atoms with E-state index in [9.17, 15) is 9.59 Å². The van der Waals surface area contributed by atoms with Gasteiger partial charge in [0.15, 0.2) is 0 Å². The van der Waals surface area contributed by atoms with Crippen LogP contribution in [0.25, 0.3) is 0 Å². The van der Waals surface area contributed by atoms with Crippen LogP contribution in [0.3, 0.4) is 0 Å². The molecule has 0 aromatic carbocycles. The fourth-order valence-corrected chi connectivity index (χ4v) is 1.17. The molecule has 1 amide bonds. The van der Waals surface area contributed by atoms with Gasteiger partial charge in [0.2, 0.25) is 5.91 Å². The molecule has 1 atom stereocenters. The molecular weight excluding hydrogens is 234 g/mol. The number of rotatable bonds is 4. The normalized spacial score (nSPS) is 11.9. The van der Waals surface area contributed by atoms with E-state index in [0.717, 1.165) is 0 Å². The fourth-order valence-electron chi connectivity index (χ4n) is 1.03. The van der Waals surface area contributed by atoms with Crippen molar-refractivity contribution in [2.45, 2.75) is 13.0 Å². The summed E-state index contributed by atoms with van der Waals surface area (Å²) in [6.45, 7) is 1.49. The standard InChI is InChI=1S/C9H12ClN3O3/c1-6(13-5-7(10)3-12-13)9(15)11-4-8(14)16-2/h3,5-6H,4H2,1-2H3,(H,11,15). The molecule has 16 heavy (non-hydrogen) atoms. The number of aromatic nitrogens is 2. The van der Waals surface area contributed by atoms with Gasteiger partial charge in [0.1, 0.15) is 12.6 Å². The largest absolute Gasteiger partial charge is 0.468 e. The molecule has 6 nitrogen and oxygen atoms in total. The van der Waals surface area contributed by atoms with Crippen LogP contribution < -0.4 is 5.32 Å². The molecule has 1 heterocycles. The maximum Gasteiger partial charge on any atom is 0.325 e. The molecule has 0 saturated heterocycles. The molecule has 0 radical (unpaired) electrons. The van der Waals surface area contributed by atoms with Crippen LogP contribution in [0.15, 0.2) is 12.4 Å². The van der Waals surface area contributed by atoms with Crippen molar-refractivity contribution < 1.29 is 14.3 Å². The van der Waals surface area contributed by atoms with Crippen molar-refractivity contribution in [1.82, 2.24) is 15.1 Å². The Kier molecular flexibility index (Phi) is 4.30. The Hall–Kier alpha value is -1.56.